The van der Waals surface area contributed by atoms with E-state index in [2.05, 4.69) is 119 Å². The Kier molecular flexibility index (Phi) is 31.8. The van der Waals surface area contributed by atoms with Gasteiger partial charge in [-0.05, 0) is 101 Å². The number of aryl methyl sites for hydroxylation is 1. The van der Waals surface area contributed by atoms with Crippen molar-refractivity contribution in [3.05, 3.63) is 65.3 Å². The Hall–Kier alpha value is -1.56. The standard InChI is InChI=1S/C22H36.2C11H22/c1-5-6-7-8-9-10-11-12-13-14-21-15-17-22(18-16-21)20(4)19(2)3;2*1-5-7-11(4)9-6-8-10(2)3/h15-19H,4-14H2,1-3H3;2*8,11H,5-7,9H2,1-4H3. The summed E-state index contributed by atoms with van der Waals surface area (Å²) in [7, 11) is 0. The largest absolute Gasteiger partial charge is 0.0950 e. The predicted molar refractivity (Wildman–Crippen MR) is 207 cm³/mol. The van der Waals surface area contributed by atoms with Crippen molar-refractivity contribution < 1.29 is 0 Å². The molecule has 1 rings (SSSR count). The summed E-state index contributed by atoms with van der Waals surface area (Å²) >= 11 is 0. The van der Waals surface area contributed by atoms with E-state index >= 15 is 0 Å². The van der Waals surface area contributed by atoms with Gasteiger partial charge in [0.1, 0.15) is 0 Å². The van der Waals surface area contributed by atoms with Crippen LogP contribution in [0.1, 0.15) is 196 Å². The van der Waals surface area contributed by atoms with Crippen molar-refractivity contribution in [1.82, 2.24) is 0 Å². The van der Waals surface area contributed by atoms with E-state index < -0.39 is 0 Å². The number of allylic oxidation sites excluding steroid dienone is 5. The number of rotatable bonds is 22. The van der Waals surface area contributed by atoms with Gasteiger partial charge in [0.15, 0.2) is 0 Å². The van der Waals surface area contributed by atoms with Crippen LogP contribution in [-0.4, -0.2) is 0 Å². The molecule has 2 unspecified atom stereocenters. The third-order valence-electron chi connectivity index (χ3n) is 8.58. The molecule has 44 heavy (non-hydrogen) atoms. The molecule has 0 saturated carbocycles. The van der Waals surface area contributed by atoms with Gasteiger partial charge in [0.25, 0.3) is 0 Å². The molecule has 0 heteroatoms. The first kappa shape index (κ1) is 44.6. The predicted octanol–water partition coefficient (Wildman–Crippen LogP) is 15.8. The van der Waals surface area contributed by atoms with Crippen molar-refractivity contribution >= 4 is 5.57 Å². The Labute approximate surface area is 279 Å². The van der Waals surface area contributed by atoms with Gasteiger partial charge in [0, 0.05) is 0 Å². The highest BCUT2D eigenvalue weighted by Gasteiger charge is 2.03. The summed E-state index contributed by atoms with van der Waals surface area (Å²) < 4.78 is 0. The Morgan fingerprint density at radius 3 is 1.34 bits per heavy atom. The van der Waals surface area contributed by atoms with Crippen LogP contribution in [0.4, 0.5) is 0 Å². The molecule has 0 amide bonds. The number of unbranched alkanes of at least 4 members (excludes halogenated alkanes) is 8. The number of hydrogen-bond donors (Lipinski definition) is 0. The molecule has 0 spiro atoms. The minimum atomic E-state index is 0.531. The summed E-state index contributed by atoms with van der Waals surface area (Å²) in [5, 5.41) is 0. The summed E-state index contributed by atoms with van der Waals surface area (Å²) in [5.41, 5.74) is 6.92. The Morgan fingerprint density at radius 2 is 0.977 bits per heavy atom. The number of benzene rings is 1. The molecule has 0 bridgehead atoms. The smallest absolute Gasteiger partial charge is 0.0219 e. The first-order valence-corrected chi connectivity index (χ1v) is 19.0. The fourth-order valence-electron chi connectivity index (χ4n) is 5.45. The van der Waals surface area contributed by atoms with Gasteiger partial charge < -0.3 is 0 Å². The van der Waals surface area contributed by atoms with Crippen molar-refractivity contribution in [2.45, 2.75) is 192 Å². The van der Waals surface area contributed by atoms with Crippen LogP contribution >= 0.6 is 0 Å². The van der Waals surface area contributed by atoms with E-state index in [4.69, 9.17) is 0 Å². The average Bonchev–Trinajstić information content (AvgIpc) is 2.97. The molecule has 0 aliphatic heterocycles. The highest BCUT2D eigenvalue weighted by molar-refractivity contribution is 5.64. The quantitative estimate of drug-likeness (QED) is 0.0907. The molecule has 0 aliphatic carbocycles. The van der Waals surface area contributed by atoms with Crippen molar-refractivity contribution in [3.8, 4) is 0 Å². The second kappa shape index (κ2) is 31.4. The highest BCUT2D eigenvalue weighted by atomic mass is 14.1. The maximum absolute atomic E-state index is 4.18. The van der Waals surface area contributed by atoms with E-state index in [0.29, 0.717) is 5.92 Å². The zero-order valence-corrected chi connectivity index (χ0v) is 32.1. The lowest BCUT2D eigenvalue weighted by atomic mass is 9.95. The molecule has 1 aromatic carbocycles. The van der Waals surface area contributed by atoms with Gasteiger partial charge in [-0.2, -0.15) is 0 Å². The van der Waals surface area contributed by atoms with Gasteiger partial charge in [0.05, 0.1) is 0 Å². The zero-order chi connectivity index (χ0) is 33.6. The molecule has 0 nitrogen and oxygen atoms in total. The molecule has 0 N–H and O–H groups in total. The maximum Gasteiger partial charge on any atom is -0.0219 e. The summed E-state index contributed by atoms with van der Waals surface area (Å²) in [6.45, 7) is 28.8. The monoisotopic (exact) mass is 609 g/mol. The Bertz CT molecular complexity index is 780. The fourth-order valence-corrected chi connectivity index (χ4v) is 5.45. The number of hydrogen-bond acceptors (Lipinski definition) is 0. The normalized spacial score (nSPS) is 11.9. The van der Waals surface area contributed by atoms with E-state index in [-0.39, 0.29) is 0 Å². The van der Waals surface area contributed by atoms with Gasteiger partial charge in [0.2, 0.25) is 0 Å². The molecule has 0 aromatic heterocycles. The van der Waals surface area contributed by atoms with Crippen LogP contribution in [0, 0.1) is 17.8 Å². The van der Waals surface area contributed by atoms with Crippen LogP contribution in [-0.2, 0) is 6.42 Å². The van der Waals surface area contributed by atoms with Crippen LogP contribution in [0.2, 0.25) is 0 Å². The molecule has 0 heterocycles. The molecular formula is C44H80. The van der Waals surface area contributed by atoms with Gasteiger partial charge in [-0.1, -0.05) is 180 Å². The van der Waals surface area contributed by atoms with E-state index in [1.165, 1.54) is 143 Å². The van der Waals surface area contributed by atoms with Gasteiger partial charge in [-0.25, -0.2) is 0 Å². The minimum absolute atomic E-state index is 0.531. The lowest BCUT2D eigenvalue weighted by Gasteiger charge is -2.10. The summed E-state index contributed by atoms with van der Waals surface area (Å²) in [5.74, 6) is 2.36. The molecule has 0 saturated heterocycles. The van der Waals surface area contributed by atoms with Crippen molar-refractivity contribution in [1.29, 1.82) is 0 Å². The molecule has 2 atom stereocenters. The minimum Gasteiger partial charge on any atom is -0.0950 e. The summed E-state index contributed by atoms with van der Waals surface area (Å²) in [4.78, 5) is 0. The Balaban J connectivity index is 0. The van der Waals surface area contributed by atoms with Crippen molar-refractivity contribution in [2.75, 3.05) is 0 Å². The van der Waals surface area contributed by atoms with Crippen LogP contribution < -0.4 is 0 Å². The van der Waals surface area contributed by atoms with E-state index in [0.717, 1.165) is 11.8 Å². The third-order valence-corrected chi connectivity index (χ3v) is 8.58. The lowest BCUT2D eigenvalue weighted by Crippen LogP contribution is -1.93. The summed E-state index contributed by atoms with van der Waals surface area (Å²) in [6, 6.07) is 9.05. The maximum atomic E-state index is 4.18. The summed E-state index contributed by atoms with van der Waals surface area (Å²) in [6.07, 6.45) is 29.2. The van der Waals surface area contributed by atoms with Crippen molar-refractivity contribution in [2.24, 2.45) is 17.8 Å². The van der Waals surface area contributed by atoms with Crippen LogP contribution in [0.25, 0.3) is 5.57 Å². The van der Waals surface area contributed by atoms with Crippen molar-refractivity contribution in [3.63, 3.8) is 0 Å². The van der Waals surface area contributed by atoms with E-state index in [9.17, 15) is 0 Å². The lowest BCUT2D eigenvalue weighted by molar-refractivity contribution is 0.490. The molecule has 1 aromatic rings. The van der Waals surface area contributed by atoms with Gasteiger partial charge >= 0.3 is 0 Å². The van der Waals surface area contributed by atoms with E-state index in [1.54, 1.807) is 0 Å². The van der Waals surface area contributed by atoms with E-state index in [1.807, 2.05) is 0 Å². The van der Waals surface area contributed by atoms with Gasteiger partial charge in [-0.3, -0.25) is 0 Å². The second-order valence-electron chi connectivity index (χ2n) is 14.5. The fraction of sp³-hybridized carbons (Fsp3) is 0.727. The molecule has 256 valence electrons. The van der Waals surface area contributed by atoms with Crippen LogP contribution in [0.5, 0.6) is 0 Å². The first-order chi connectivity index (χ1) is 21.0. The topological polar surface area (TPSA) is 0 Å². The molecule has 0 radical (unpaired) electrons. The van der Waals surface area contributed by atoms with Crippen LogP contribution in [0.15, 0.2) is 54.1 Å². The first-order valence-electron chi connectivity index (χ1n) is 19.0. The zero-order valence-electron chi connectivity index (χ0n) is 32.1. The highest BCUT2D eigenvalue weighted by Crippen LogP contribution is 2.22. The average molecular weight is 609 g/mol. The molecule has 0 aliphatic rings. The molecular weight excluding hydrogens is 528 g/mol. The van der Waals surface area contributed by atoms with Gasteiger partial charge in [-0.15, -0.1) is 0 Å². The third kappa shape index (κ3) is 30.5. The molecule has 0 fully saturated rings. The Morgan fingerprint density at radius 1 is 0.568 bits per heavy atom. The van der Waals surface area contributed by atoms with Crippen LogP contribution in [0.3, 0.4) is 0 Å². The SMILES string of the molecule is C=C(c1ccc(CCCCCCCCCCC)cc1)C(C)C.CCCC(C)CCC=C(C)C.CCCC(C)CCC=C(C)C. The second-order valence-corrected chi connectivity index (χ2v) is 14.5.